The number of hydrogen-bond donors (Lipinski definition) is 1. The molecule has 1 heterocycles. The Morgan fingerprint density at radius 3 is 2.60 bits per heavy atom. The summed E-state index contributed by atoms with van der Waals surface area (Å²) >= 11 is 0. The summed E-state index contributed by atoms with van der Waals surface area (Å²) < 4.78 is 9.61. The van der Waals surface area contributed by atoms with Crippen LogP contribution in [-0.4, -0.2) is 38.1 Å². The van der Waals surface area contributed by atoms with E-state index < -0.39 is 12.0 Å². The molecule has 1 aliphatic heterocycles. The van der Waals surface area contributed by atoms with E-state index in [1.54, 1.807) is 0 Å². The van der Waals surface area contributed by atoms with Gasteiger partial charge in [-0.25, -0.2) is 0 Å². The van der Waals surface area contributed by atoms with Crippen molar-refractivity contribution in [3.63, 3.8) is 0 Å². The molecule has 1 aliphatic rings. The van der Waals surface area contributed by atoms with Crippen molar-refractivity contribution in [1.29, 1.82) is 0 Å². The van der Waals surface area contributed by atoms with E-state index in [1.807, 2.05) is 0 Å². The van der Waals surface area contributed by atoms with Crippen LogP contribution in [0.3, 0.4) is 0 Å². The van der Waals surface area contributed by atoms with Gasteiger partial charge >= 0.3 is 5.97 Å². The van der Waals surface area contributed by atoms with Gasteiger partial charge in [0.05, 0.1) is 7.11 Å². The van der Waals surface area contributed by atoms with Gasteiger partial charge in [0, 0.05) is 25.6 Å². The van der Waals surface area contributed by atoms with Crippen LogP contribution in [-0.2, 0) is 19.1 Å². The second-order valence-corrected chi connectivity index (χ2v) is 3.69. The number of methoxy groups -OCH3 is 1. The Labute approximate surface area is 88.9 Å². The quantitative estimate of drug-likeness (QED) is 0.661. The van der Waals surface area contributed by atoms with Crippen LogP contribution in [0.2, 0.25) is 0 Å². The molecular formula is C10H17NO4. The molecule has 1 rings (SSSR count). The molecule has 86 valence electrons. The minimum atomic E-state index is -0.828. The van der Waals surface area contributed by atoms with Crippen molar-refractivity contribution in [3.05, 3.63) is 0 Å². The Morgan fingerprint density at radius 1 is 1.47 bits per heavy atom. The van der Waals surface area contributed by atoms with Crippen LogP contribution in [0, 0.1) is 5.92 Å². The molecule has 2 N–H and O–H groups in total. The summed E-state index contributed by atoms with van der Waals surface area (Å²) in [7, 11) is 1.26. The van der Waals surface area contributed by atoms with E-state index >= 15 is 0 Å². The molecule has 0 aromatic heterocycles. The lowest BCUT2D eigenvalue weighted by atomic mass is 9.92. The van der Waals surface area contributed by atoms with E-state index in [0.717, 1.165) is 12.8 Å². The molecular weight excluding hydrogens is 198 g/mol. The Hall–Kier alpha value is -0.940. The van der Waals surface area contributed by atoms with Crippen molar-refractivity contribution in [3.8, 4) is 0 Å². The van der Waals surface area contributed by atoms with Gasteiger partial charge in [0.2, 0.25) is 0 Å². The molecule has 15 heavy (non-hydrogen) atoms. The van der Waals surface area contributed by atoms with E-state index in [-0.39, 0.29) is 18.1 Å². The van der Waals surface area contributed by atoms with Crippen LogP contribution in [0.1, 0.15) is 19.3 Å². The Kier molecular flexibility index (Phi) is 4.71. The summed E-state index contributed by atoms with van der Waals surface area (Å²) in [5.74, 6) is -0.499. The fourth-order valence-electron chi connectivity index (χ4n) is 1.64. The zero-order valence-corrected chi connectivity index (χ0v) is 8.90. The van der Waals surface area contributed by atoms with Gasteiger partial charge in [-0.15, -0.1) is 0 Å². The predicted octanol–water partition coefficient (Wildman–Crippen LogP) is -0.127. The van der Waals surface area contributed by atoms with E-state index in [2.05, 4.69) is 4.74 Å². The van der Waals surface area contributed by atoms with Gasteiger partial charge in [0.1, 0.15) is 11.8 Å². The smallest absolute Gasteiger partial charge is 0.323 e. The second-order valence-electron chi connectivity index (χ2n) is 3.69. The van der Waals surface area contributed by atoms with E-state index in [1.165, 1.54) is 7.11 Å². The first-order valence-electron chi connectivity index (χ1n) is 5.09. The number of rotatable bonds is 4. The van der Waals surface area contributed by atoms with E-state index in [9.17, 15) is 9.59 Å². The zero-order valence-electron chi connectivity index (χ0n) is 8.90. The van der Waals surface area contributed by atoms with Crippen LogP contribution in [0.15, 0.2) is 0 Å². The molecule has 0 amide bonds. The van der Waals surface area contributed by atoms with Gasteiger partial charge in [-0.3, -0.25) is 9.59 Å². The third-order valence-electron chi connectivity index (χ3n) is 2.60. The maximum absolute atomic E-state index is 11.7. The summed E-state index contributed by atoms with van der Waals surface area (Å²) in [6, 6.07) is -0.828. The highest BCUT2D eigenvalue weighted by molar-refractivity contribution is 5.87. The Balaban J connectivity index is 2.36. The normalized spacial score (nSPS) is 19.6. The lowest BCUT2D eigenvalue weighted by Crippen LogP contribution is -2.36. The molecule has 0 aliphatic carbocycles. The SMILES string of the molecule is COC(=O)C(N)CC(=O)C1CCOCC1. The Morgan fingerprint density at radius 2 is 2.07 bits per heavy atom. The molecule has 1 atom stereocenters. The molecule has 1 saturated heterocycles. The van der Waals surface area contributed by atoms with Crippen molar-refractivity contribution in [2.24, 2.45) is 11.7 Å². The maximum atomic E-state index is 11.7. The van der Waals surface area contributed by atoms with Gasteiger partial charge in [-0.05, 0) is 12.8 Å². The topological polar surface area (TPSA) is 78.6 Å². The van der Waals surface area contributed by atoms with Crippen molar-refractivity contribution < 1.29 is 19.1 Å². The molecule has 0 aromatic carbocycles. The predicted molar refractivity (Wildman–Crippen MR) is 53.2 cm³/mol. The van der Waals surface area contributed by atoms with Gasteiger partial charge in [0.15, 0.2) is 0 Å². The van der Waals surface area contributed by atoms with E-state index in [4.69, 9.17) is 10.5 Å². The van der Waals surface area contributed by atoms with Gasteiger partial charge in [0.25, 0.3) is 0 Å². The summed E-state index contributed by atoms with van der Waals surface area (Å²) in [5.41, 5.74) is 5.51. The third kappa shape index (κ3) is 3.60. The summed E-state index contributed by atoms with van der Waals surface area (Å²) in [4.78, 5) is 22.7. The molecule has 0 aromatic rings. The lowest BCUT2D eigenvalue weighted by molar-refractivity contribution is -0.144. The standard InChI is InChI=1S/C10H17NO4/c1-14-10(13)8(11)6-9(12)7-2-4-15-5-3-7/h7-8H,2-6,11H2,1H3. The van der Waals surface area contributed by atoms with Crippen molar-refractivity contribution >= 4 is 11.8 Å². The van der Waals surface area contributed by atoms with E-state index in [0.29, 0.717) is 13.2 Å². The first-order chi connectivity index (χ1) is 7.15. The minimum absolute atomic E-state index is 0.00513. The number of carbonyl (C=O) groups excluding carboxylic acids is 2. The number of carbonyl (C=O) groups is 2. The average molecular weight is 215 g/mol. The monoisotopic (exact) mass is 215 g/mol. The minimum Gasteiger partial charge on any atom is -0.468 e. The highest BCUT2D eigenvalue weighted by Crippen LogP contribution is 2.17. The van der Waals surface area contributed by atoms with Gasteiger partial charge in [-0.2, -0.15) is 0 Å². The van der Waals surface area contributed by atoms with Crippen LogP contribution < -0.4 is 5.73 Å². The molecule has 0 saturated carbocycles. The van der Waals surface area contributed by atoms with Crippen molar-refractivity contribution in [2.45, 2.75) is 25.3 Å². The summed E-state index contributed by atoms with van der Waals surface area (Å²) in [6.07, 6.45) is 1.52. The zero-order chi connectivity index (χ0) is 11.3. The molecule has 1 fully saturated rings. The lowest BCUT2D eigenvalue weighted by Gasteiger charge is -2.21. The average Bonchev–Trinajstić information content (AvgIpc) is 2.29. The highest BCUT2D eigenvalue weighted by atomic mass is 16.5. The fraction of sp³-hybridized carbons (Fsp3) is 0.800. The molecule has 0 spiro atoms. The highest BCUT2D eigenvalue weighted by Gasteiger charge is 2.25. The van der Waals surface area contributed by atoms with Gasteiger partial charge in [-0.1, -0.05) is 0 Å². The maximum Gasteiger partial charge on any atom is 0.323 e. The first-order valence-corrected chi connectivity index (χ1v) is 5.09. The summed E-state index contributed by atoms with van der Waals surface area (Å²) in [5, 5.41) is 0. The fourth-order valence-corrected chi connectivity index (χ4v) is 1.64. The van der Waals surface area contributed by atoms with Crippen LogP contribution >= 0.6 is 0 Å². The molecule has 5 heteroatoms. The molecule has 1 unspecified atom stereocenters. The van der Waals surface area contributed by atoms with Crippen molar-refractivity contribution in [1.82, 2.24) is 0 Å². The number of ether oxygens (including phenoxy) is 2. The molecule has 0 bridgehead atoms. The summed E-state index contributed by atoms with van der Waals surface area (Å²) in [6.45, 7) is 1.23. The van der Waals surface area contributed by atoms with Gasteiger partial charge < -0.3 is 15.2 Å². The number of Topliss-reactive ketones (excluding diaryl/α,β-unsaturated/α-hetero) is 1. The Bertz CT molecular complexity index is 236. The first kappa shape index (κ1) is 12.1. The van der Waals surface area contributed by atoms with Crippen molar-refractivity contribution in [2.75, 3.05) is 20.3 Å². The van der Waals surface area contributed by atoms with Crippen LogP contribution in [0.4, 0.5) is 0 Å². The number of nitrogens with two attached hydrogens (primary N) is 1. The second kappa shape index (κ2) is 5.82. The molecule has 0 radical (unpaired) electrons. The van der Waals surface area contributed by atoms with Crippen LogP contribution in [0.25, 0.3) is 0 Å². The number of esters is 1. The number of ketones is 1. The third-order valence-corrected chi connectivity index (χ3v) is 2.60. The van der Waals surface area contributed by atoms with Crippen LogP contribution in [0.5, 0.6) is 0 Å². The number of hydrogen-bond acceptors (Lipinski definition) is 5. The largest absolute Gasteiger partial charge is 0.468 e. The molecule has 5 nitrogen and oxygen atoms in total.